The molecule has 2 fully saturated rings. The SMILES string of the molecule is Cc1cccc(C2(C3CC3)CCCN2)c1C. The zero-order chi connectivity index (χ0) is 11.2. The molecule has 1 aliphatic carbocycles. The third kappa shape index (κ3) is 1.41. The van der Waals surface area contributed by atoms with Gasteiger partial charge in [0.25, 0.3) is 0 Å². The Balaban J connectivity index is 2.08. The first kappa shape index (κ1) is 10.3. The molecule has 2 aliphatic rings. The molecule has 1 nitrogen and oxygen atoms in total. The van der Waals surface area contributed by atoms with Gasteiger partial charge in [0.1, 0.15) is 0 Å². The van der Waals surface area contributed by atoms with E-state index in [4.69, 9.17) is 0 Å². The summed E-state index contributed by atoms with van der Waals surface area (Å²) < 4.78 is 0. The molecular weight excluding hydrogens is 194 g/mol. The molecule has 1 N–H and O–H groups in total. The molecule has 1 aromatic carbocycles. The molecule has 16 heavy (non-hydrogen) atoms. The maximum atomic E-state index is 3.82. The molecule has 86 valence electrons. The van der Waals surface area contributed by atoms with Crippen LogP contribution in [0.25, 0.3) is 0 Å². The summed E-state index contributed by atoms with van der Waals surface area (Å²) in [6.45, 7) is 5.72. The Morgan fingerprint density at radius 2 is 2.06 bits per heavy atom. The molecule has 0 amide bonds. The Kier molecular flexibility index (Phi) is 2.32. The molecule has 1 aromatic rings. The van der Waals surface area contributed by atoms with E-state index in [0.717, 1.165) is 5.92 Å². The monoisotopic (exact) mass is 215 g/mol. The molecule has 1 heteroatoms. The van der Waals surface area contributed by atoms with Crippen molar-refractivity contribution in [2.45, 2.75) is 45.1 Å². The Bertz CT molecular complexity index is 398. The summed E-state index contributed by atoms with van der Waals surface area (Å²) in [5.41, 5.74) is 4.85. The maximum Gasteiger partial charge on any atom is 0.0466 e. The molecule has 1 heterocycles. The zero-order valence-electron chi connectivity index (χ0n) is 10.3. The Morgan fingerprint density at radius 3 is 2.69 bits per heavy atom. The first-order chi connectivity index (χ1) is 7.74. The topological polar surface area (TPSA) is 12.0 Å². The molecule has 3 rings (SSSR count). The van der Waals surface area contributed by atoms with Crippen LogP contribution in [0.15, 0.2) is 18.2 Å². The van der Waals surface area contributed by atoms with Crippen LogP contribution < -0.4 is 5.32 Å². The third-order valence-corrected chi connectivity index (χ3v) is 4.55. The number of nitrogens with one attached hydrogen (secondary N) is 1. The van der Waals surface area contributed by atoms with E-state index in [1.54, 1.807) is 5.56 Å². The van der Waals surface area contributed by atoms with Crippen molar-refractivity contribution in [2.24, 2.45) is 5.92 Å². The number of aryl methyl sites for hydroxylation is 1. The minimum absolute atomic E-state index is 0.329. The van der Waals surface area contributed by atoms with Gasteiger partial charge in [-0.1, -0.05) is 18.2 Å². The van der Waals surface area contributed by atoms with Gasteiger partial charge in [-0.25, -0.2) is 0 Å². The van der Waals surface area contributed by atoms with E-state index in [2.05, 4.69) is 37.4 Å². The van der Waals surface area contributed by atoms with Crippen molar-refractivity contribution >= 4 is 0 Å². The first-order valence-corrected chi connectivity index (χ1v) is 6.56. The summed E-state index contributed by atoms with van der Waals surface area (Å²) in [5, 5.41) is 3.82. The van der Waals surface area contributed by atoms with Crippen LogP contribution in [-0.2, 0) is 5.54 Å². The van der Waals surface area contributed by atoms with Crippen molar-refractivity contribution < 1.29 is 0 Å². The molecule has 1 aliphatic heterocycles. The predicted octanol–water partition coefficient (Wildman–Crippen LogP) is 3.29. The van der Waals surface area contributed by atoms with Crippen molar-refractivity contribution in [3.63, 3.8) is 0 Å². The van der Waals surface area contributed by atoms with Crippen molar-refractivity contribution in [3.8, 4) is 0 Å². The number of hydrogen-bond donors (Lipinski definition) is 1. The van der Waals surface area contributed by atoms with E-state index in [0.29, 0.717) is 5.54 Å². The highest BCUT2D eigenvalue weighted by Crippen LogP contribution is 2.51. The molecule has 1 unspecified atom stereocenters. The van der Waals surface area contributed by atoms with Crippen molar-refractivity contribution in [2.75, 3.05) is 6.54 Å². The lowest BCUT2D eigenvalue weighted by molar-refractivity contribution is 0.334. The number of hydrogen-bond acceptors (Lipinski definition) is 1. The summed E-state index contributed by atoms with van der Waals surface area (Å²) in [6.07, 6.45) is 5.51. The molecule has 1 atom stereocenters. The van der Waals surface area contributed by atoms with E-state index in [1.165, 1.54) is 43.4 Å². The fourth-order valence-electron chi connectivity index (χ4n) is 3.38. The average Bonchev–Trinajstić information content (AvgIpc) is 3.03. The molecule has 0 bridgehead atoms. The van der Waals surface area contributed by atoms with Gasteiger partial charge in [-0.3, -0.25) is 0 Å². The van der Waals surface area contributed by atoms with Crippen molar-refractivity contribution in [1.82, 2.24) is 5.32 Å². The van der Waals surface area contributed by atoms with Gasteiger partial charge in [0.05, 0.1) is 0 Å². The summed E-state index contributed by atoms with van der Waals surface area (Å²) >= 11 is 0. The quantitative estimate of drug-likeness (QED) is 0.798. The van der Waals surface area contributed by atoms with E-state index in [1.807, 2.05) is 0 Å². The average molecular weight is 215 g/mol. The van der Waals surface area contributed by atoms with Gasteiger partial charge in [0.15, 0.2) is 0 Å². The van der Waals surface area contributed by atoms with E-state index >= 15 is 0 Å². The second-order valence-corrected chi connectivity index (χ2v) is 5.52. The normalized spacial score (nSPS) is 29.6. The smallest absolute Gasteiger partial charge is 0.0466 e. The minimum Gasteiger partial charge on any atom is -0.307 e. The molecule has 1 saturated heterocycles. The van der Waals surface area contributed by atoms with E-state index in [-0.39, 0.29) is 0 Å². The van der Waals surface area contributed by atoms with E-state index < -0.39 is 0 Å². The standard InChI is InChI=1S/C15H21N/c1-11-5-3-6-14(12(11)2)15(13-7-8-13)9-4-10-16-15/h3,5-6,13,16H,4,7-10H2,1-2H3. The Hall–Kier alpha value is -0.820. The van der Waals surface area contributed by atoms with Gasteiger partial charge in [-0.15, -0.1) is 0 Å². The van der Waals surface area contributed by atoms with E-state index in [9.17, 15) is 0 Å². The van der Waals surface area contributed by atoms with Crippen LogP contribution in [0.3, 0.4) is 0 Å². The summed E-state index contributed by atoms with van der Waals surface area (Å²) in [5.74, 6) is 0.899. The Morgan fingerprint density at radius 1 is 1.25 bits per heavy atom. The Labute approximate surface area is 98.3 Å². The highest BCUT2D eigenvalue weighted by molar-refractivity contribution is 5.40. The molecule has 0 radical (unpaired) electrons. The van der Waals surface area contributed by atoms with Crippen LogP contribution in [0.2, 0.25) is 0 Å². The number of benzene rings is 1. The van der Waals surface area contributed by atoms with Crippen LogP contribution in [0, 0.1) is 19.8 Å². The third-order valence-electron chi connectivity index (χ3n) is 4.55. The fourth-order valence-corrected chi connectivity index (χ4v) is 3.38. The van der Waals surface area contributed by atoms with Crippen molar-refractivity contribution in [1.29, 1.82) is 0 Å². The van der Waals surface area contributed by atoms with Crippen LogP contribution in [0.5, 0.6) is 0 Å². The summed E-state index contributed by atoms with van der Waals surface area (Å²) in [7, 11) is 0. The minimum atomic E-state index is 0.329. The van der Waals surface area contributed by atoms with Crippen LogP contribution in [-0.4, -0.2) is 6.54 Å². The highest BCUT2D eigenvalue weighted by atomic mass is 15.0. The number of rotatable bonds is 2. The van der Waals surface area contributed by atoms with Gasteiger partial charge in [-0.2, -0.15) is 0 Å². The van der Waals surface area contributed by atoms with Crippen LogP contribution in [0.4, 0.5) is 0 Å². The first-order valence-electron chi connectivity index (χ1n) is 6.56. The molecular formula is C15H21N. The molecule has 0 aromatic heterocycles. The van der Waals surface area contributed by atoms with Gasteiger partial charge in [0, 0.05) is 5.54 Å². The lowest BCUT2D eigenvalue weighted by Crippen LogP contribution is -2.39. The van der Waals surface area contributed by atoms with Crippen molar-refractivity contribution in [3.05, 3.63) is 34.9 Å². The largest absolute Gasteiger partial charge is 0.307 e. The lowest BCUT2D eigenvalue weighted by Gasteiger charge is -2.32. The zero-order valence-corrected chi connectivity index (χ0v) is 10.3. The van der Waals surface area contributed by atoms with Gasteiger partial charge in [0.2, 0.25) is 0 Å². The van der Waals surface area contributed by atoms with Gasteiger partial charge in [-0.05, 0) is 68.7 Å². The molecule has 1 saturated carbocycles. The fraction of sp³-hybridized carbons (Fsp3) is 0.600. The van der Waals surface area contributed by atoms with Gasteiger partial charge < -0.3 is 5.32 Å². The van der Waals surface area contributed by atoms with Crippen LogP contribution >= 0.6 is 0 Å². The summed E-state index contributed by atoms with van der Waals surface area (Å²) in [6, 6.07) is 6.80. The maximum absolute atomic E-state index is 3.82. The molecule has 0 spiro atoms. The van der Waals surface area contributed by atoms with Gasteiger partial charge >= 0.3 is 0 Å². The predicted molar refractivity (Wildman–Crippen MR) is 67.6 cm³/mol. The lowest BCUT2D eigenvalue weighted by atomic mass is 9.80. The second-order valence-electron chi connectivity index (χ2n) is 5.52. The second kappa shape index (κ2) is 3.59. The highest BCUT2D eigenvalue weighted by Gasteiger charge is 2.48. The summed E-state index contributed by atoms with van der Waals surface area (Å²) in [4.78, 5) is 0. The van der Waals surface area contributed by atoms with Crippen LogP contribution in [0.1, 0.15) is 42.4 Å².